The van der Waals surface area contributed by atoms with E-state index in [1.807, 2.05) is 23.9 Å². The van der Waals surface area contributed by atoms with Gasteiger partial charge in [-0.05, 0) is 30.5 Å². The number of rotatable bonds is 5. The van der Waals surface area contributed by atoms with E-state index in [1.54, 1.807) is 0 Å². The van der Waals surface area contributed by atoms with Crippen LogP contribution in [-0.4, -0.2) is 11.1 Å². The zero-order valence-corrected chi connectivity index (χ0v) is 11.3. The van der Waals surface area contributed by atoms with E-state index in [0.717, 1.165) is 24.7 Å². The fourth-order valence-corrected chi connectivity index (χ4v) is 2.86. The van der Waals surface area contributed by atoms with Crippen LogP contribution in [0.15, 0.2) is 12.3 Å². The van der Waals surface area contributed by atoms with Gasteiger partial charge in [-0.1, -0.05) is 32.1 Å². The first-order valence-corrected chi connectivity index (χ1v) is 7.05. The molecule has 3 heteroatoms. The van der Waals surface area contributed by atoms with Crippen molar-refractivity contribution in [3.05, 3.63) is 23.5 Å². The minimum absolute atomic E-state index is 0.735. The molecule has 1 aliphatic rings. The third kappa shape index (κ3) is 3.61. The van der Waals surface area contributed by atoms with Crippen LogP contribution in [0.1, 0.15) is 49.8 Å². The van der Waals surface area contributed by atoms with Crippen LogP contribution in [0.3, 0.4) is 0 Å². The van der Waals surface area contributed by atoms with Crippen LogP contribution in [0.25, 0.3) is 0 Å². The van der Waals surface area contributed by atoms with Gasteiger partial charge in [0, 0.05) is 19.8 Å². The molecule has 0 aliphatic heterocycles. The summed E-state index contributed by atoms with van der Waals surface area (Å²) in [6, 6.07) is 4.16. The Morgan fingerprint density at radius 2 is 2.17 bits per heavy atom. The summed E-state index contributed by atoms with van der Waals surface area (Å²) in [6.07, 6.45) is 10.5. The van der Waals surface area contributed by atoms with E-state index >= 15 is 0 Å². The largest absolute Gasteiger partial charge is 0.342 e. The molecule has 1 N–H and O–H groups in total. The van der Waals surface area contributed by atoms with Gasteiger partial charge in [-0.25, -0.2) is 0 Å². The molecule has 0 radical (unpaired) electrons. The van der Waals surface area contributed by atoms with Crippen LogP contribution < -0.4 is 5.32 Å². The second-order valence-electron chi connectivity index (χ2n) is 5.43. The quantitative estimate of drug-likeness (QED) is 0.810. The number of nitrogens with zero attached hydrogens (tertiary/aromatic N) is 2. The summed E-state index contributed by atoms with van der Waals surface area (Å²) in [4.78, 5) is 0. The van der Waals surface area contributed by atoms with E-state index in [1.165, 1.54) is 44.1 Å². The summed E-state index contributed by atoms with van der Waals surface area (Å²) in [5.41, 5.74) is 1.94. The maximum absolute atomic E-state index is 8.88. The molecular formula is C15H23N3. The van der Waals surface area contributed by atoms with Gasteiger partial charge in [-0.2, -0.15) is 5.26 Å². The highest BCUT2D eigenvalue weighted by Crippen LogP contribution is 2.25. The van der Waals surface area contributed by atoms with E-state index in [2.05, 4.69) is 11.4 Å². The van der Waals surface area contributed by atoms with Crippen molar-refractivity contribution in [1.82, 2.24) is 9.88 Å². The lowest BCUT2D eigenvalue weighted by atomic mass is 9.87. The van der Waals surface area contributed by atoms with Crippen molar-refractivity contribution in [2.24, 2.45) is 13.0 Å². The molecule has 0 amide bonds. The van der Waals surface area contributed by atoms with Crippen molar-refractivity contribution in [3.63, 3.8) is 0 Å². The Morgan fingerprint density at radius 3 is 2.83 bits per heavy atom. The summed E-state index contributed by atoms with van der Waals surface area (Å²) in [7, 11) is 1.92. The van der Waals surface area contributed by atoms with Gasteiger partial charge in [-0.3, -0.25) is 0 Å². The molecule has 0 saturated heterocycles. The molecule has 2 rings (SSSR count). The number of aromatic nitrogens is 1. The first kappa shape index (κ1) is 13.2. The van der Waals surface area contributed by atoms with Crippen LogP contribution in [0.4, 0.5) is 0 Å². The lowest BCUT2D eigenvalue weighted by Gasteiger charge is -2.21. The fourth-order valence-electron chi connectivity index (χ4n) is 2.86. The predicted octanol–water partition coefficient (Wildman–Crippen LogP) is 2.96. The SMILES string of the molecule is Cn1cc(CNCCC2CCCCC2)cc1C#N. The van der Waals surface area contributed by atoms with Crippen molar-refractivity contribution in [1.29, 1.82) is 5.26 Å². The first-order chi connectivity index (χ1) is 8.79. The fraction of sp³-hybridized carbons (Fsp3) is 0.667. The summed E-state index contributed by atoms with van der Waals surface area (Å²) >= 11 is 0. The molecule has 0 unspecified atom stereocenters. The number of nitrogens with one attached hydrogen (secondary N) is 1. The maximum atomic E-state index is 8.88. The van der Waals surface area contributed by atoms with Crippen molar-refractivity contribution >= 4 is 0 Å². The molecule has 1 saturated carbocycles. The van der Waals surface area contributed by atoms with Crippen LogP contribution in [0.5, 0.6) is 0 Å². The first-order valence-electron chi connectivity index (χ1n) is 7.05. The molecular weight excluding hydrogens is 222 g/mol. The second kappa shape index (κ2) is 6.61. The highest BCUT2D eigenvalue weighted by molar-refractivity contribution is 5.28. The molecule has 1 fully saturated rings. The van der Waals surface area contributed by atoms with E-state index in [4.69, 9.17) is 5.26 Å². The lowest BCUT2D eigenvalue weighted by Crippen LogP contribution is -2.18. The standard InChI is InChI=1S/C15H23N3/c1-18-12-14(9-15(18)10-16)11-17-8-7-13-5-3-2-4-6-13/h9,12-13,17H,2-8,11H2,1H3. The number of hydrogen-bond donors (Lipinski definition) is 1. The predicted molar refractivity (Wildman–Crippen MR) is 73.0 cm³/mol. The lowest BCUT2D eigenvalue weighted by molar-refractivity contribution is 0.334. The van der Waals surface area contributed by atoms with E-state index in [0.29, 0.717) is 0 Å². The summed E-state index contributed by atoms with van der Waals surface area (Å²) < 4.78 is 1.89. The van der Waals surface area contributed by atoms with Gasteiger partial charge in [0.15, 0.2) is 0 Å². The minimum atomic E-state index is 0.735. The second-order valence-corrected chi connectivity index (χ2v) is 5.43. The van der Waals surface area contributed by atoms with Gasteiger partial charge >= 0.3 is 0 Å². The average molecular weight is 245 g/mol. The Kier molecular flexibility index (Phi) is 4.83. The van der Waals surface area contributed by atoms with Crippen LogP contribution >= 0.6 is 0 Å². The highest BCUT2D eigenvalue weighted by Gasteiger charge is 2.12. The van der Waals surface area contributed by atoms with Crippen molar-refractivity contribution in [2.45, 2.75) is 45.1 Å². The molecule has 0 atom stereocenters. The van der Waals surface area contributed by atoms with Gasteiger partial charge in [0.1, 0.15) is 11.8 Å². The summed E-state index contributed by atoms with van der Waals surface area (Å²) in [6.45, 7) is 1.98. The third-order valence-corrected chi connectivity index (χ3v) is 3.96. The Bertz CT molecular complexity index is 408. The van der Waals surface area contributed by atoms with Crippen molar-refractivity contribution in [3.8, 4) is 6.07 Å². The molecule has 3 nitrogen and oxygen atoms in total. The average Bonchev–Trinajstić information content (AvgIpc) is 2.76. The Hall–Kier alpha value is -1.27. The van der Waals surface area contributed by atoms with Gasteiger partial charge in [0.25, 0.3) is 0 Å². The Labute approximate surface area is 110 Å². The van der Waals surface area contributed by atoms with Crippen LogP contribution in [0, 0.1) is 17.2 Å². The summed E-state index contributed by atoms with van der Waals surface area (Å²) in [5, 5.41) is 12.4. The molecule has 1 heterocycles. The number of nitriles is 1. The Balaban J connectivity index is 1.67. The van der Waals surface area contributed by atoms with Crippen molar-refractivity contribution < 1.29 is 0 Å². The number of hydrogen-bond acceptors (Lipinski definition) is 2. The van der Waals surface area contributed by atoms with Crippen LogP contribution in [0.2, 0.25) is 0 Å². The zero-order chi connectivity index (χ0) is 12.8. The van der Waals surface area contributed by atoms with Crippen molar-refractivity contribution in [2.75, 3.05) is 6.54 Å². The zero-order valence-electron chi connectivity index (χ0n) is 11.3. The molecule has 1 aromatic heterocycles. The monoisotopic (exact) mass is 245 g/mol. The van der Waals surface area contributed by atoms with Gasteiger partial charge in [0.2, 0.25) is 0 Å². The maximum Gasteiger partial charge on any atom is 0.120 e. The van der Waals surface area contributed by atoms with E-state index < -0.39 is 0 Å². The topological polar surface area (TPSA) is 40.8 Å². The molecule has 0 aromatic carbocycles. The third-order valence-electron chi connectivity index (χ3n) is 3.96. The Morgan fingerprint density at radius 1 is 1.39 bits per heavy atom. The molecule has 1 aliphatic carbocycles. The minimum Gasteiger partial charge on any atom is -0.342 e. The normalized spacial score (nSPS) is 16.7. The van der Waals surface area contributed by atoms with Gasteiger partial charge in [-0.15, -0.1) is 0 Å². The molecule has 18 heavy (non-hydrogen) atoms. The summed E-state index contributed by atoms with van der Waals surface area (Å²) in [5.74, 6) is 0.941. The van der Waals surface area contributed by atoms with E-state index in [9.17, 15) is 0 Å². The van der Waals surface area contributed by atoms with Gasteiger partial charge < -0.3 is 9.88 Å². The van der Waals surface area contributed by atoms with Gasteiger partial charge in [0.05, 0.1) is 0 Å². The van der Waals surface area contributed by atoms with E-state index in [-0.39, 0.29) is 0 Å². The molecule has 0 bridgehead atoms. The highest BCUT2D eigenvalue weighted by atomic mass is 14.9. The number of aryl methyl sites for hydroxylation is 1. The smallest absolute Gasteiger partial charge is 0.120 e. The molecule has 0 spiro atoms. The molecule has 98 valence electrons. The molecule has 1 aromatic rings. The van der Waals surface area contributed by atoms with Crippen LogP contribution in [-0.2, 0) is 13.6 Å².